The molecule has 2 heterocycles. The number of aromatic nitrogens is 3. The van der Waals surface area contributed by atoms with Crippen LogP contribution in [0.25, 0.3) is 10.2 Å². The van der Waals surface area contributed by atoms with Crippen LogP contribution in [0.5, 0.6) is 5.75 Å². The molecule has 0 saturated heterocycles. The van der Waals surface area contributed by atoms with Crippen LogP contribution in [0.1, 0.15) is 24.3 Å². The highest BCUT2D eigenvalue weighted by atomic mass is 79.9. The average molecular weight is 395 g/mol. The third-order valence-electron chi connectivity index (χ3n) is 3.20. The summed E-state index contributed by atoms with van der Waals surface area (Å²) in [5.74, 6) is 0.564. The minimum atomic E-state index is -0.236. The summed E-state index contributed by atoms with van der Waals surface area (Å²) in [4.78, 5) is 16.9. The molecular weight excluding hydrogens is 380 g/mol. The molecule has 0 fully saturated rings. The summed E-state index contributed by atoms with van der Waals surface area (Å²) in [7, 11) is 0. The fourth-order valence-electron chi connectivity index (χ4n) is 2.20. The van der Waals surface area contributed by atoms with E-state index in [1.807, 2.05) is 32.0 Å². The number of ether oxygens (including phenoxy) is 1. The number of thiazole rings is 1. The van der Waals surface area contributed by atoms with E-state index in [-0.39, 0.29) is 5.91 Å². The van der Waals surface area contributed by atoms with Gasteiger partial charge in [0, 0.05) is 6.54 Å². The number of benzene rings is 1. The van der Waals surface area contributed by atoms with Crippen molar-refractivity contribution in [3.8, 4) is 5.75 Å². The van der Waals surface area contributed by atoms with Gasteiger partial charge in [0.1, 0.15) is 11.4 Å². The highest BCUT2D eigenvalue weighted by molar-refractivity contribution is 9.10. The molecule has 0 atom stereocenters. The summed E-state index contributed by atoms with van der Waals surface area (Å²) < 4.78 is 8.75. The molecule has 0 aliphatic heterocycles. The van der Waals surface area contributed by atoms with Crippen LogP contribution in [0.4, 0.5) is 5.13 Å². The Labute approximate surface area is 145 Å². The maximum absolute atomic E-state index is 12.5. The van der Waals surface area contributed by atoms with Gasteiger partial charge in [0.05, 0.1) is 27.5 Å². The van der Waals surface area contributed by atoms with Crippen LogP contribution in [0.2, 0.25) is 0 Å². The molecule has 0 aliphatic rings. The zero-order valence-electron chi connectivity index (χ0n) is 12.7. The van der Waals surface area contributed by atoms with E-state index in [0.717, 1.165) is 16.0 Å². The number of anilines is 1. The lowest BCUT2D eigenvalue weighted by Crippen LogP contribution is -2.17. The van der Waals surface area contributed by atoms with E-state index >= 15 is 0 Å². The lowest BCUT2D eigenvalue weighted by Gasteiger charge is -2.04. The number of nitrogens with zero attached hydrogens (tertiary/aromatic N) is 3. The van der Waals surface area contributed by atoms with Gasteiger partial charge in [-0.15, -0.1) is 0 Å². The molecule has 2 aromatic heterocycles. The van der Waals surface area contributed by atoms with Crippen molar-refractivity contribution in [2.24, 2.45) is 0 Å². The zero-order chi connectivity index (χ0) is 16.4. The van der Waals surface area contributed by atoms with Crippen LogP contribution in [0.15, 0.2) is 28.9 Å². The van der Waals surface area contributed by atoms with E-state index in [1.54, 1.807) is 10.9 Å². The van der Waals surface area contributed by atoms with Gasteiger partial charge in [0.15, 0.2) is 5.13 Å². The van der Waals surface area contributed by atoms with E-state index in [9.17, 15) is 4.79 Å². The van der Waals surface area contributed by atoms with Crippen LogP contribution in [-0.4, -0.2) is 27.3 Å². The first-order chi connectivity index (χ1) is 11.1. The molecule has 8 heteroatoms. The fraction of sp³-hybridized carbons (Fsp3) is 0.267. The number of carbonyl (C=O) groups excluding carboxylic acids is 1. The van der Waals surface area contributed by atoms with Crippen LogP contribution < -0.4 is 10.1 Å². The number of hydrogen-bond acceptors (Lipinski definition) is 5. The number of amides is 1. The molecule has 1 N–H and O–H groups in total. The van der Waals surface area contributed by atoms with Gasteiger partial charge in [0.25, 0.3) is 5.91 Å². The van der Waals surface area contributed by atoms with Crippen molar-refractivity contribution in [2.45, 2.75) is 20.4 Å². The summed E-state index contributed by atoms with van der Waals surface area (Å²) >= 11 is 4.77. The monoisotopic (exact) mass is 394 g/mol. The Morgan fingerprint density at radius 1 is 1.43 bits per heavy atom. The summed E-state index contributed by atoms with van der Waals surface area (Å²) in [5.41, 5.74) is 1.32. The number of aryl methyl sites for hydroxylation is 1. The molecule has 6 nitrogen and oxygen atoms in total. The highest BCUT2D eigenvalue weighted by Gasteiger charge is 2.18. The lowest BCUT2D eigenvalue weighted by atomic mass is 10.3. The Morgan fingerprint density at radius 2 is 2.26 bits per heavy atom. The summed E-state index contributed by atoms with van der Waals surface area (Å²) in [6.07, 6.45) is 1.62. The van der Waals surface area contributed by atoms with Gasteiger partial charge in [-0.25, -0.2) is 4.98 Å². The Hall–Kier alpha value is -1.93. The van der Waals surface area contributed by atoms with E-state index in [2.05, 4.69) is 31.3 Å². The van der Waals surface area contributed by atoms with Crippen molar-refractivity contribution in [2.75, 3.05) is 11.9 Å². The minimum absolute atomic E-state index is 0.236. The largest absolute Gasteiger partial charge is 0.494 e. The third-order valence-corrected chi connectivity index (χ3v) is 4.71. The van der Waals surface area contributed by atoms with Crippen LogP contribution >= 0.6 is 27.3 Å². The Kier molecular flexibility index (Phi) is 4.63. The molecule has 0 unspecified atom stereocenters. The first kappa shape index (κ1) is 15.9. The summed E-state index contributed by atoms with van der Waals surface area (Å²) in [6.45, 7) is 5.11. The van der Waals surface area contributed by atoms with Crippen LogP contribution in [0.3, 0.4) is 0 Å². The molecular formula is C15H15BrN4O2S. The van der Waals surface area contributed by atoms with Crippen LogP contribution in [0, 0.1) is 0 Å². The molecule has 0 bridgehead atoms. The zero-order valence-corrected chi connectivity index (χ0v) is 15.1. The fourth-order valence-corrected chi connectivity index (χ4v) is 3.56. The average Bonchev–Trinajstić information content (AvgIpc) is 3.09. The summed E-state index contributed by atoms with van der Waals surface area (Å²) in [6, 6.07) is 5.69. The van der Waals surface area contributed by atoms with Crippen molar-refractivity contribution >= 4 is 48.5 Å². The second-order valence-electron chi connectivity index (χ2n) is 4.69. The first-order valence-electron chi connectivity index (χ1n) is 7.18. The van der Waals surface area contributed by atoms with E-state index in [4.69, 9.17) is 4.74 Å². The normalized spacial score (nSPS) is 10.9. The smallest absolute Gasteiger partial charge is 0.276 e. The van der Waals surface area contributed by atoms with Gasteiger partial charge < -0.3 is 4.74 Å². The quantitative estimate of drug-likeness (QED) is 0.711. The molecule has 1 amide bonds. The van der Waals surface area contributed by atoms with Crippen LogP contribution in [-0.2, 0) is 6.54 Å². The molecule has 3 rings (SSSR count). The molecule has 0 saturated carbocycles. The van der Waals surface area contributed by atoms with Gasteiger partial charge in [-0.05, 0) is 48.0 Å². The molecule has 0 aliphatic carbocycles. The SMILES string of the molecule is CCOc1ccc2nc(NC(=O)c3c(Br)cnn3CC)sc2c1. The topological polar surface area (TPSA) is 69.0 Å². The van der Waals surface area contributed by atoms with E-state index in [1.165, 1.54) is 11.3 Å². The predicted octanol–water partition coefficient (Wildman–Crippen LogP) is 3.93. The standard InChI is InChI=1S/C15H15BrN4O2S/c1-3-20-13(10(16)8-17-20)14(21)19-15-18-11-6-5-9(22-4-2)7-12(11)23-15/h5-8H,3-4H2,1-2H3,(H,18,19,21). The Morgan fingerprint density at radius 3 is 3.00 bits per heavy atom. The maximum Gasteiger partial charge on any atom is 0.276 e. The Bertz CT molecular complexity index is 858. The van der Waals surface area contributed by atoms with Crippen molar-refractivity contribution in [3.05, 3.63) is 34.6 Å². The molecule has 3 aromatic rings. The van der Waals surface area contributed by atoms with E-state index in [0.29, 0.717) is 28.4 Å². The number of halogens is 1. The van der Waals surface area contributed by atoms with Gasteiger partial charge >= 0.3 is 0 Å². The number of carbonyl (C=O) groups is 1. The lowest BCUT2D eigenvalue weighted by molar-refractivity contribution is 0.101. The summed E-state index contributed by atoms with van der Waals surface area (Å²) in [5, 5.41) is 7.54. The highest BCUT2D eigenvalue weighted by Crippen LogP contribution is 2.30. The molecule has 120 valence electrons. The van der Waals surface area contributed by atoms with Crippen molar-refractivity contribution in [1.29, 1.82) is 0 Å². The molecule has 1 aromatic carbocycles. The third kappa shape index (κ3) is 3.23. The molecule has 0 radical (unpaired) electrons. The minimum Gasteiger partial charge on any atom is -0.494 e. The maximum atomic E-state index is 12.5. The second kappa shape index (κ2) is 6.67. The first-order valence-corrected chi connectivity index (χ1v) is 8.79. The van der Waals surface area contributed by atoms with Gasteiger partial charge in [-0.1, -0.05) is 11.3 Å². The van der Waals surface area contributed by atoms with Gasteiger partial charge in [-0.2, -0.15) is 5.10 Å². The van der Waals surface area contributed by atoms with E-state index < -0.39 is 0 Å². The molecule has 0 spiro atoms. The predicted molar refractivity (Wildman–Crippen MR) is 94.3 cm³/mol. The number of hydrogen-bond donors (Lipinski definition) is 1. The number of nitrogens with one attached hydrogen (secondary N) is 1. The van der Waals surface area contributed by atoms with Crippen molar-refractivity contribution in [1.82, 2.24) is 14.8 Å². The second-order valence-corrected chi connectivity index (χ2v) is 6.58. The molecule has 23 heavy (non-hydrogen) atoms. The van der Waals surface area contributed by atoms with Gasteiger partial charge in [0.2, 0.25) is 0 Å². The van der Waals surface area contributed by atoms with Crippen molar-refractivity contribution < 1.29 is 9.53 Å². The van der Waals surface area contributed by atoms with Gasteiger partial charge in [-0.3, -0.25) is 14.8 Å². The Balaban J connectivity index is 1.86. The number of fused-ring (bicyclic) bond motifs is 1. The number of rotatable bonds is 5. The van der Waals surface area contributed by atoms with Crippen molar-refractivity contribution in [3.63, 3.8) is 0 Å².